The van der Waals surface area contributed by atoms with Crippen molar-refractivity contribution in [2.45, 2.75) is 19.0 Å². The lowest BCUT2D eigenvalue weighted by Gasteiger charge is -2.23. The third-order valence-electron chi connectivity index (χ3n) is 4.90. The number of carbonyl (C=O) groups excluding carboxylic acids is 2. The molecule has 29 heavy (non-hydrogen) atoms. The summed E-state index contributed by atoms with van der Waals surface area (Å²) in [6, 6.07) is 12.4. The van der Waals surface area contributed by atoms with Gasteiger partial charge in [0.1, 0.15) is 17.7 Å². The van der Waals surface area contributed by atoms with Crippen molar-refractivity contribution in [2.24, 2.45) is 0 Å². The zero-order valence-corrected chi connectivity index (χ0v) is 15.5. The van der Waals surface area contributed by atoms with Crippen LogP contribution in [0.3, 0.4) is 0 Å². The number of halogens is 1. The third kappa shape index (κ3) is 4.02. The maximum atomic E-state index is 14.1. The molecule has 2 aromatic carbocycles. The molecule has 1 aliphatic heterocycles. The number of aromatic amines is 1. The molecule has 0 saturated heterocycles. The van der Waals surface area contributed by atoms with Crippen LogP contribution in [0.15, 0.2) is 54.7 Å². The first kappa shape index (κ1) is 18.8. The van der Waals surface area contributed by atoms with E-state index in [1.165, 1.54) is 18.3 Å². The Bertz CT molecular complexity index is 1020. The minimum Gasteiger partial charge on any atom is -0.336 e. The van der Waals surface area contributed by atoms with Gasteiger partial charge in [0.2, 0.25) is 0 Å². The van der Waals surface area contributed by atoms with Gasteiger partial charge in [-0.3, -0.25) is 14.7 Å². The first-order valence-electron chi connectivity index (χ1n) is 9.30. The summed E-state index contributed by atoms with van der Waals surface area (Å²) in [5.41, 5.74) is 2.21. The fourth-order valence-electron chi connectivity index (χ4n) is 3.47. The van der Waals surface area contributed by atoms with E-state index >= 15 is 0 Å². The molecule has 8 heteroatoms. The topological polar surface area (TPSA) is 98.9 Å². The number of nitrogens with zero attached hydrogens (tertiary/aromatic N) is 1. The molecule has 4 rings (SSSR count). The van der Waals surface area contributed by atoms with Gasteiger partial charge in [-0.05, 0) is 36.2 Å². The summed E-state index contributed by atoms with van der Waals surface area (Å²) in [5, 5.41) is 15.1. The van der Waals surface area contributed by atoms with Gasteiger partial charge in [0.25, 0.3) is 11.8 Å². The molecular formula is C21H20FN5O2. The summed E-state index contributed by atoms with van der Waals surface area (Å²) >= 11 is 0. The largest absolute Gasteiger partial charge is 0.336 e. The summed E-state index contributed by atoms with van der Waals surface area (Å²) in [5.74, 6) is -0.737. The van der Waals surface area contributed by atoms with Crippen molar-refractivity contribution in [3.8, 4) is 0 Å². The van der Waals surface area contributed by atoms with Crippen LogP contribution in [0.25, 0.3) is 0 Å². The molecule has 1 atom stereocenters. The molecule has 0 bridgehead atoms. The monoisotopic (exact) mass is 393 g/mol. The molecule has 1 unspecified atom stereocenters. The quantitative estimate of drug-likeness (QED) is 0.535. The molecule has 7 nitrogen and oxygen atoms in total. The third-order valence-corrected chi connectivity index (χ3v) is 4.90. The average Bonchev–Trinajstić information content (AvgIpc) is 3.26. The van der Waals surface area contributed by atoms with Crippen molar-refractivity contribution >= 4 is 17.6 Å². The van der Waals surface area contributed by atoms with Gasteiger partial charge < -0.3 is 16.0 Å². The van der Waals surface area contributed by atoms with Crippen LogP contribution in [0.5, 0.6) is 0 Å². The number of H-pyrrole nitrogens is 1. The highest BCUT2D eigenvalue weighted by Crippen LogP contribution is 2.23. The molecule has 0 radical (unpaired) electrons. The van der Waals surface area contributed by atoms with E-state index in [-0.39, 0.29) is 5.82 Å². The Morgan fingerprint density at radius 3 is 2.66 bits per heavy atom. The van der Waals surface area contributed by atoms with E-state index in [0.29, 0.717) is 47.6 Å². The Kier molecular flexibility index (Phi) is 5.35. The summed E-state index contributed by atoms with van der Waals surface area (Å²) in [7, 11) is 0. The molecule has 148 valence electrons. The highest BCUT2D eigenvalue weighted by molar-refractivity contribution is 6.02. The number of hydrogen-bond donors (Lipinski definition) is 4. The van der Waals surface area contributed by atoms with Crippen molar-refractivity contribution in [1.82, 2.24) is 20.8 Å². The second-order valence-electron chi connectivity index (χ2n) is 6.76. The molecule has 3 aromatic rings. The Balaban J connectivity index is 1.63. The molecule has 0 fully saturated rings. The van der Waals surface area contributed by atoms with Crippen molar-refractivity contribution in [2.75, 3.05) is 11.9 Å². The minimum absolute atomic E-state index is 0.333. The van der Waals surface area contributed by atoms with Gasteiger partial charge in [0.05, 0.1) is 6.20 Å². The molecule has 0 saturated carbocycles. The van der Waals surface area contributed by atoms with Crippen molar-refractivity contribution in [1.29, 1.82) is 0 Å². The van der Waals surface area contributed by atoms with E-state index in [0.717, 1.165) is 0 Å². The SMILES string of the molecule is O=C(NC(C(=O)Nc1ccn[nH]1)c1ccccc1)c1ccc(F)c2c1CCNC2. The predicted molar refractivity (Wildman–Crippen MR) is 106 cm³/mol. The average molecular weight is 393 g/mol. The number of carbonyl (C=O) groups is 2. The van der Waals surface area contributed by atoms with E-state index in [1.807, 2.05) is 6.07 Å². The summed E-state index contributed by atoms with van der Waals surface area (Å²) < 4.78 is 14.1. The summed E-state index contributed by atoms with van der Waals surface area (Å²) in [6.07, 6.45) is 2.07. The number of fused-ring (bicyclic) bond motifs is 1. The van der Waals surface area contributed by atoms with Gasteiger partial charge in [-0.15, -0.1) is 0 Å². The Labute approximate surface area is 166 Å². The van der Waals surface area contributed by atoms with Crippen LogP contribution in [0.1, 0.15) is 33.1 Å². The van der Waals surface area contributed by atoms with Crippen molar-refractivity contribution < 1.29 is 14.0 Å². The van der Waals surface area contributed by atoms with Crippen LogP contribution in [-0.2, 0) is 17.8 Å². The number of amides is 2. The minimum atomic E-state index is -0.922. The van der Waals surface area contributed by atoms with Gasteiger partial charge in [0.15, 0.2) is 0 Å². The van der Waals surface area contributed by atoms with E-state index in [1.54, 1.807) is 30.3 Å². The molecule has 0 spiro atoms. The van der Waals surface area contributed by atoms with Crippen LogP contribution in [0.4, 0.5) is 10.2 Å². The number of anilines is 1. The van der Waals surface area contributed by atoms with Gasteiger partial charge in [-0.1, -0.05) is 30.3 Å². The second-order valence-corrected chi connectivity index (χ2v) is 6.76. The van der Waals surface area contributed by atoms with Gasteiger partial charge in [0, 0.05) is 23.7 Å². The van der Waals surface area contributed by atoms with E-state index < -0.39 is 17.9 Å². The molecule has 1 aromatic heterocycles. The number of rotatable bonds is 5. The maximum Gasteiger partial charge on any atom is 0.252 e. The Morgan fingerprint density at radius 2 is 1.90 bits per heavy atom. The molecule has 0 aliphatic carbocycles. The lowest BCUT2D eigenvalue weighted by atomic mass is 9.94. The van der Waals surface area contributed by atoms with Gasteiger partial charge in [-0.2, -0.15) is 5.10 Å². The summed E-state index contributed by atoms with van der Waals surface area (Å²) in [6.45, 7) is 1.05. The molecule has 2 amide bonds. The first-order chi connectivity index (χ1) is 14.1. The van der Waals surface area contributed by atoms with E-state index in [9.17, 15) is 14.0 Å². The highest BCUT2D eigenvalue weighted by Gasteiger charge is 2.26. The highest BCUT2D eigenvalue weighted by atomic mass is 19.1. The Hall–Kier alpha value is -3.52. The summed E-state index contributed by atoms with van der Waals surface area (Å²) in [4.78, 5) is 25.9. The smallest absolute Gasteiger partial charge is 0.252 e. The number of aromatic nitrogens is 2. The van der Waals surface area contributed by atoms with Crippen LogP contribution >= 0.6 is 0 Å². The number of hydrogen-bond acceptors (Lipinski definition) is 4. The zero-order valence-electron chi connectivity index (χ0n) is 15.5. The van der Waals surface area contributed by atoms with Gasteiger partial charge >= 0.3 is 0 Å². The van der Waals surface area contributed by atoms with Crippen molar-refractivity contribution in [3.63, 3.8) is 0 Å². The van der Waals surface area contributed by atoms with Crippen LogP contribution in [0, 0.1) is 5.82 Å². The molecule has 4 N–H and O–H groups in total. The number of benzene rings is 2. The fourth-order valence-corrected chi connectivity index (χ4v) is 3.47. The van der Waals surface area contributed by atoms with E-state index in [2.05, 4.69) is 26.1 Å². The van der Waals surface area contributed by atoms with Crippen LogP contribution < -0.4 is 16.0 Å². The lowest BCUT2D eigenvalue weighted by molar-refractivity contribution is -0.118. The zero-order chi connectivity index (χ0) is 20.2. The van der Waals surface area contributed by atoms with Crippen LogP contribution in [-0.4, -0.2) is 28.6 Å². The van der Waals surface area contributed by atoms with Gasteiger partial charge in [-0.25, -0.2) is 4.39 Å². The molecule has 1 aliphatic rings. The predicted octanol–water partition coefficient (Wildman–Crippen LogP) is 2.30. The number of nitrogens with one attached hydrogen (secondary N) is 4. The van der Waals surface area contributed by atoms with E-state index in [4.69, 9.17) is 0 Å². The normalized spacial score (nSPS) is 14.0. The molecule has 2 heterocycles. The molecular weight excluding hydrogens is 373 g/mol. The maximum absolute atomic E-state index is 14.1. The second kappa shape index (κ2) is 8.24. The van der Waals surface area contributed by atoms with Crippen molar-refractivity contribution in [3.05, 3.63) is 82.8 Å². The first-order valence-corrected chi connectivity index (χ1v) is 9.30. The Morgan fingerprint density at radius 1 is 1.07 bits per heavy atom. The standard InChI is InChI=1S/C21H20FN5O2/c22-17-7-6-15(14-8-10-23-12-16(14)17)20(28)26-19(13-4-2-1-3-5-13)21(29)25-18-9-11-24-27-18/h1-7,9,11,19,23H,8,10,12H2,(H,26,28)(H2,24,25,27,29). The fraction of sp³-hybridized carbons (Fsp3) is 0.190. The van der Waals surface area contributed by atoms with Crippen LogP contribution in [0.2, 0.25) is 0 Å². The lowest BCUT2D eigenvalue weighted by Crippen LogP contribution is -2.38.